The average Bonchev–Trinajstić information content (AvgIpc) is 2.89. The fraction of sp³-hybridized carbons (Fsp3) is 0.692. The van der Waals surface area contributed by atoms with Gasteiger partial charge in [0.05, 0.1) is 6.54 Å². The van der Waals surface area contributed by atoms with Crippen LogP contribution in [0.5, 0.6) is 0 Å². The zero-order valence-electron chi connectivity index (χ0n) is 11.1. The monoisotopic (exact) mass is 286 g/mol. The number of furan rings is 1. The normalized spacial score (nSPS) is 17.7. The van der Waals surface area contributed by atoms with E-state index in [0.29, 0.717) is 18.2 Å². The average molecular weight is 286 g/mol. The van der Waals surface area contributed by atoms with Crippen LogP contribution in [0, 0.1) is 5.92 Å². The maximum Gasteiger partial charge on any atom is 0.273 e. The van der Waals surface area contributed by atoms with Crippen molar-refractivity contribution in [3.63, 3.8) is 0 Å². The van der Waals surface area contributed by atoms with Gasteiger partial charge >= 0.3 is 0 Å². The molecule has 0 radical (unpaired) electrons. The molecule has 1 heterocycles. The van der Waals surface area contributed by atoms with E-state index in [1.807, 2.05) is 0 Å². The molecule has 108 valence electrons. The molecule has 1 fully saturated rings. The number of nitrogens with one attached hydrogen (secondary N) is 1. The smallest absolute Gasteiger partial charge is 0.273 e. The van der Waals surface area contributed by atoms with Gasteiger partial charge in [-0.3, -0.25) is 0 Å². The summed E-state index contributed by atoms with van der Waals surface area (Å²) >= 11 is 0. The minimum absolute atomic E-state index is 0.0448. The summed E-state index contributed by atoms with van der Waals surface area (Å²) < 4.78 is 31.7. The molecule has 1 aliphatic rings. The van der Waals surface area contributed by atoms with E-state index in [4.69, 9.17) is 10.2 Å². The molecule has 0 aromatic carbocycles. The van der Waals surface area contributed by atoms with Crippen LogP contribution in [-0.2, 0) is 16.6 Å². The van der Waals surface area contributed by atoms with Gasteiger partial charge in [0.2, 0.25) is 5.09 Å². The summed E-state index contributed by atoms with van der Waals surface area (Å²) in [5.41, 5.74) is 5.40. The molecule has 0 unspecified atom stereocenters. The van der Waals surface area contributed by atoms with Gasteiger partial charge in [0.25, 0.3) is 10.0 Å². The van der Waals surface area contributed by atoms with Crippen LogP contribution in [0.2, 0.25) is 0 Å². The number of hydrogen-bond acceptors (Lipinski definition) is 4. The van der Waals surface area contributed by atoms with Crippen LogP contribution < -0.4 is 10.5 Å². The first-order valence-electron chi connectivity index (χ1n) is 6.90. The van der Waals surface area contributed by atoms with Gasteiger partial charge in [-0.2, -0.15) is 0 Å². The summed E-state index contributed by atoms with van der Waals surface area (Å²) in [6.07, 6.45) is 7.21. The lowest BCUT2D eigenvalue weighted by Gasteiger charge is -2.21. The van der Waals surface area contributed by atoms with Crippen molar-refractivity contribution < 1.29 is 12.8 Å². The highest BCUT2D eigenvalue weighted by Gasteiger charge is 2.19. The maximum atomic E-state index is 12.0. The molecule has 6 heteroatoms. The second-order valence-corrected chi connectivity index (χ2v) is 6.81. The van der Waals surface area contributed by atoms with Crippen LogP contribution in [0.1, 0.15) is 44.3 Å². The Kier molecular flexibility index (Phi) is 5.01. The molecule has 0 bridgehead atoms. The molecule has 19 heavy (non-hydrogen) atoms. The number of hydrogen-bond donors (Lipinski definition) is 2. The molecule has 1 saturated carbocycles. The predicted octanol–water partition coefficient (Wildman–Crippen LogP) is 1.99. The molecule has 0 spiro atoms. The molecular weight excluding hydrogens is 264 g/mol. The van der Waals surface area contributed by atoms with Gasteiger partial charge in [-0.1, -0.05) is 32.1 Å². The molecule has 1 aromatic heterocycles. The summed E-state index contributed by atoms with van der Waals surface area (Å²) in [5.74, 6) is 1.14. The Morgan fingerprint density at radius 1 is 1.26 bits per heavy atom. The Bertz CT molecular complexity index is 490. The highest BCUT2D eigenvalue weighted by Crippen LogP contribution is 2.26. The Morgan fingerprint density at radius 3 is 2.63 bits per heavy atom. The highest BCUT2D eigenvalue weighted by molar-refractivity contribution is 7.89. The highest BCUT2D eigenvalue weighted by atomic mass is 32.2. The van der Waals surface area contributed by atoms with Crippen molar-refractivity contribution in [1.82, 2.24) is 4.72 Å². The van der Waals surface area contributed by atoms with Gasteiger partial charge in [0.15, 0.2) is 0 Å². The summed E-state index contributed by atoms with van der Waals surface area (Å²) in [6, 6.07) is 3.04. The van der Waals surface area contributed by atoms with Crippen molar-refractivity contribution in [3.05, 3.63) is 17.9 Å². The molecule has 0 aliphatic heterocycles. The molecule has 0 saturated heterocycles. The lowest BCUT2D eigenvalue weighted by atomic mass is 9.87. The molecular formula is C13H22N2O3S. The topological polar surface area (TPSA) is 85.3 Å². The summed E-state index contributed by atoms with van der Waals surface area (Å²) in [7, 11) is -3.52. The second kappa shape index (κ2) is 6.54. The van der Waals surface area contributed by atoms with Gasteiger partial charge in [0.1, 0.15) is 5.76 Å². The summed E-state index contributed by atoms with van der Waals surface area (Å²) in [6.45, 7) is 0.684. The Morgan fingerprint density at radius 2 is 2.00 bits per heavy atom. The number of sulfonamides is 1. The first-order valence-corrected chi connectivity index (χ1v) is 8.38. The lowest BCUT2D eigenvalue weighted by molar-refractivity contribution is 0.339. The Labute approximate surface area is 114 Å². The zero-order valence-corrected chi connectivity index (χ0v) is 11.9. The fourth-order valence-corrected chi connectivity index (χ4v) is 3.55. The quantitative estimate of drug-likeness (QED) is 0.837. The molecule has 0 amide bonds. The van der Waals surface area contributed by atoms with Crippen molar-refractivity contribution in [1.29, 1.82) is 0 Å². The van der Waals surface area contributed by atoms with E-state index in [1.165, 1.54) is 38.2 Å². The van der Waals surface area contributed by atoms with E-state index in [-0.39, 0.29) is 11.6 Å². The predicted molar refractivity (Wildman–Crippen MR) is 73.0 cm³/mol. The van der Waals surface area contributed by atoms with Crippen molar-refractivity contribution in [2.45, 2.75) is 50.2 Å². The zero-order chi connectivity index (χ0) is 13.7. The minimum atomic E-state index is -3.52. The van der Waals surface area contributed by atoms with Gasteiger partial charge in [0, 0.05) is 6.54 Å². The number of rotatable bonds is 6. The maximum absolute atomic E-state index is 12.0. The Hall–Kier alpha value is -0.850. The van der Waals surface area contributed by atoms with Crippen LogP contribution in [0.15, 0.2) is 21.6 Å². The van der Waals surface area contributed by atoms with Crippen LogP contribution in [0.4, 0.5) is 0 Å². The minimum Gasteiger partial charge on any atom is -0.447 e. The Balaban J connectivity index is 1.83. The van der Waals surface area contributed by atoms with Gasteiger partial charge in [-0.15, -0.1) is 0 Å². The SMILES string of the molecule is NCc1ccc(S(=O)(=O)NCCC2CCCCC2)o1. The lowest BCUT2D eigenvalue weighted by Crippen LogP contribution is -2.26. The fourth-order valence-electron chi connectivity index (χ4n) is 2.56. The van der Waals surface area contributed by atoms with Crippen molar-refractivity contribution in [3.8, 4) is 0 Å². The molecule has 5 nitrogen and oxygen atoms in total. The molecule has 3 N–H and O–H groups in total. The first kappa shape index (κ1) is 14.6. The van der Waals surface area contributed by atoms with Gasteiger partial charge < -0.3 is 10.2 Å². The third-order valence-electron chi connectivity index (χ3n) is 3.67. The number of nitrogens with two attached hydrogens (primary N) is 1. The molecule has 0 atom stereocenters. The van der Waals surface area contributed by atoms with Crippen LogP contribution >= 0.6 is 0 Å². The van der Waals surface area contributed by atoms with E-state index in [0.717, 1.165) is 6.42 Å². The van der Waals surface area contributed by atoms with Crippen molar-refractivity contribution in [2.75, 3.05) is 6.54 Å². The third-order valence-corrected chi connectivity index (χ3v) is 5.01. The third kappa shape index (κ3) is 4.06. The van der Waals surface area contributed by atoms with Crippen LogP contribution in [0.25, 0.3) is 0 Å². The van der Waals surface area contributed by atoms with E-state index in [1.54, 1.807) is 6.07 Å². The van der Waals surface area contributed by atoms with E-state index < -0.39 is 10.0 Å². The standard InChI is InChI=1S/C13H22N2O3S/c14-10-12-6-7-13(18-12)19(16,17)15-9-8-11-4-2-1-3-5-11/h6-7,11,15H,1-5,8-10,14H2. The first-order chi connectivity index (χ1) is 9.12. The summed E-state index contributed by atoms with van der Waals surface area (Å²) in [5, 5.41) is -0.0448. The summed E-state index contributed by atoms with van der Waals surface area (Å²) in [4.78, 5) is 0. The molecule has 2 rings (SSSR count). The van der Waals surface area contributed by atoms with Crippen LogP contribution in [0.3, 0.4) is 0 Å². The second-order valence-electron chi connectivity index (χ2n) is 5.12. The van der Waals surface area contributed by atoms with Gasteiger partial charge in [-0.05, 0) is 24.5 Å². The van der Waals surface area contributed by atoms with E-state index >= 15 is 0 Å². The van der Waals surface area contributed by atoms with Crippen LogP contribution in [-0.4, -0.2) is 15.0 Å². The van der Waals surface area contributed by atoms with Crippen molar-refractivity contribution in [2.24, 2.45) is 11.7 Å². The molecule has 1 aromatic rings. The van der Waals surface area contributed by atoms with Gasteiger partial charge in [-0.25, -0.2) is 13.1 Å². The largest absolute Gasteiger partial charge is 0.447 e. The van der Waals surface area contributed by atoms with E-state index in [9.17, 15) is 8.42 Å². The molecule has 1 aliphatic carbocycles. The van der Waals surface area contributed by atoms with E-state index in [2.05, 4.69) is 4.72 Å². The van der Waals surface area contributed by atoms with Crippen molar-refractivity contribution >= 4 is 10.0 Å².